The summed E-state index contributed by atoms with van der Waals surface area (Å²) < 4.78 is 22.5. The Labute approximate surface area is 128 Å². The maximum atomic E-state index is 11.7. The quantitative estimate of drug-likeness (QED) is 0.553. The van der Waals surface area contributed by atoms with Crippen molar-refractivity contribution in [1.82, 2.24) is 4.90 Å². The van der Waals surface area contributed by atoms with E-state index in [-0.39, 0.29) is 18.9 Å². The number of carbonyl (C=O) groups excluding carboxylic acids is 1. The van der Waals surface area contributed by atoms with Crippen molar-refractivity contribution in [3.8, 4) is 0 Å². The van der Waals surface area contributed by atoms with Gasteiger partial charge < -0.3 is 10.6 Å². The van der Waals surface area contributed by atoms with Crippen LogP contribution in [0.4, 0.5) is 0 Å². The van der Waals surface area contributed by atoms with Crippen LogP contribution in [0.25, 0.3) is 0 Å². The molecule has 1 fully saturated rings. The highest BCUT2D eigenvalue weighted by Crippen LogP contribution is 2.17. The zero-order valence-corrected chi connectivity index (χ0v) is 13.6. The third kappa shape index (κ3) is 7.24. The van der Waals surface area contributed by atoms with Gasteiger partial charge in [-0.05, 0) is 19.4 Å². The molecule has 21 heavy (non-hydrogen) atoms. The van der Waals surface area contributed by atoms with Gasteiger partial charge in [-0.15, -0.1) is 0 Å². The van der Waals surface area contributed by atoms with E-state index in [2.05, 4.69) is 0 Å². The lowest BCUT2D eigenvalue weighted by Crippen LogP contribution is -2.32. The van der Waals surface area contributed by atoms with Crippen LogP contribution in [0.1, 0.15) is 57.8 Å². The molecule has 1 amide bonds. The van der Waals surface area contributed by atoms with Crippen molar-refractivity contribution >= 4 is 15.9 Å². The smallest absolute Gasteiger partial charge is 0.224 e. The van der Waals surface area contributed by atoms with E-state index in [4.69, 9.17) is 10.9 Å². The fourth-order valence-electron chi connectivity index (χ4n) is 2.68. The molecule has 0 aromatic carbocycles. The van der Waals surface area contributed by atoms with Crippen LogP contribution in [0.5, 0.6) is 0 Å². The minimum Gasteiger partial charge on any atom is -0.341 e. The summed E-state index contributed by atoms with van der Waals surface area (Å²) in [6, 6.07) is 0. The van der Waals surface area contributed by atoms with Gasteiger partial charge in [0.1, 0.15) is 5.25 Å². The highest BCUT2D eigenvalue weighted by molar-refractivity contribution is 7.89. The van der Waals surface area contributed by atoms with Gasteiger partial charge in [-0.1, -0.05) is 38.5 Å². The molecule has 0 aliphatic carbocycles. The minimum absolute atomic E-state index is 0.0416. The van der Waals surface area contributed by atoms with E-state index in [0.29, 0.717) is 6.54 Å². The zero-order valence-electron chi connectivity index (χ0n) is 12.8. The van der Waals surface area contributed by atoms with Crippen molar-refractivity contribution in [1.29, 1.82) is 0 Å². The predicted molar refractivity (Wildman–Crippen MR) is 84.1 cm³/mol. The van der Waals surface area contributed by atoms with Gasteiger partial charge in [0.15, 0.2) is 0 Å². The topological polar surface area (TPSA) is 106 Å². The summed E-state index contributed by atoms with van der Waals surface area (Å²) in [4.78, 5) is 13.3. The van der Waals surface area contributed by atoms with Crippen LogP contribution in [-0.2, 0) is 14.8 Å². The lowest BCUT2D eigenvalue weighted by atomic mass is 10.1. The number of amides is 1. The number of primary sulfonamides is 1. The summed E-state index contributed by atoms with van der Waals surface area (Å²) in [5, 5.41) is 4.38. The molecule has 1 aliphatic heterocycles. The molecule has 1 unspecified atom stereocenters. The molecular weight excluding hydrogens is 290 g/mol. The van der Waals surface area contributed by atoms with Crippen LogP contribution in [0.2, 0.25) is 0 Å². The molecule has 1 rings (SSSR count). The second kappa shape index (κ2) is 9.38. The molecule has 0 saturated carbocycles. The second-order valence-corrected chi connectivity index (χ2v) is 7.72. The summed E-state index contributed by atoms with van der Waals surface area (Å²) in [5.74, 6) is -0.0872. The number of carbonyl (C=O) groups is 1. The molecule has 1 heterocycles. The van der Waals surface area contributed by atoms with E-state index in [1.165, 1.54) is 32.1 Å². The lowest BCUT2D eigenvalue weighted by molar-refractivity contribution is -0.127. The average molecular weight is 319 g/mol. The fraction of sp³-hybridized carbons (Fsp3) is 0.929. The number of hydrogen-bond acceptors (Lipinski definition) is 4. The molecule has 0 radical (unpaired) electrons. The summed E-state index contributed by atoms with van der Waals surface area (Å²) in [6.07, 6.45) is 9.28. The Balaban J connectivity index is 2.04. The van der Waals surface area contributed by atoms with E-state index >= 15 is 0 Å². The van der Waals surface area contributed by atoms with Crippen molar-refractivity contribution < 1.29 is 13.2 Å². The molecule has 0 aromatic rings. The summed E-state index contributed by atoms with van der Waals surface area (Å²) >= 11 is 0. The van der Waals surface area contributed by atoms with Crippen LogP contribution in [0.15, 0.2) is 0 Å². The summed E-state index contributed by atoms with van der Waals surface area (Å²) in [6.45, 7) is 1.69. The molecule has 7 heteroatoms. The van der Waals surface area contributed by atoms with Crippen molar-refractivity contribution in [2.45, 2.75) is 63.0 Å². The number of likely N-dealkylation sites (tertiary alicyclic amines) is 1. The van der Waals surface area contributed by atoms with Gasteiger partial charge in [-0.3, -0.25) is 4.79 Å². The van der Waals surface area contributed by atoms with Gasteiger partial charge in [-0.25, -0.2) is 13.6 Å². The number of rotatable bonds is 11. The Morgan fingerprint density at radius 3 is 2.00 bits per heavy atom. The van der Waals surface area contributed by atoms with Gasteiger partial charge in [0.2, 0.25) is 15.9 Å². The Morgan fingerprint density at radius 1 is 1.00 bits per heavy atom. The van der Waals surface area contributed by atoms with E-state index in [1.807, 2.05) is 0 Å². The van der Waals surface area contributed by atoms with Crippen LogP contribution in [-0.4, -0.2) is 44.1 Å². The average Bonchev–Trinajstić information content (AvgIpc) is 2.78. The first kappa shape index (κ1) is 18.4. The van der Waals surface area contributed by atoms with Gasteiger partial charge in [-0.2, -0.15) is 0 Å². The van der Waals surface area contributed by atoms with Gasteiger partial charge in [0.25, 0.3) is 0 Å². The molecule has 124 valence electrons. The maximum absolute atomic E-state index is 11.7. The van der Waals surface area contributed by atoms with Crippen molar-refractivity contribution in [3.05, 3.63) is 0 Å². The third-order valence-electron chi connectivity index (χ3n) is 4.03. The molecule has 6 nitrogen and oxygen atoms in total. The number of hydrogen-bond donors (Lipinski definition) is 2. The molecule has 1 saturated heterocycles. The largest absolute Gasteiger partial charge is 0.341 e. The van der Waals surface area contributed by atoms with Crippen LogP contribution in [0.3, 0.4) is 0 Å². The Bertz CT molecular complexity index is 412. The monoisotopic (exact) mass is 319 g/mol. The molecule has 0 bridgehead atoms. The van der Waals surface area contributed by atoms with Crippen molar-refractivity contribution in [2.24, 2.45) is 10.9 Å². The zero-order chi connectivity index (χ0) is 15.7. The van der Waals surface area contributed by atoms with E-state index < -0.39 is 15.3 Å². The first-order valence-electron chi connectivity index (χ1n) is 7.94. The van der Waals surface area contributed by atoms with Gasteiger partial charge >= 0.3 is 0 Å². The number of sulfonamides is 1. The Kier molecular flexibility index (Phi) is 8.21. The number of nitrogens with two attached hydrogens (primary N) is 2. The van der Waals surface area contributed by atoms with Crippen LogP contribution >= 0.6 is 0 Å². The van der Waals surface area contributed by atoms with Crippen molar-refractivity contribution in [3.63, 3.8) is 0 Å². The van der Waals surface area contributed by atoms with E-state index in [1.54, 1.807) is 4.90 Å². The lowest BCUT2D eigenvalue weighted by Gasteiger charge is -2.15. The molecule has 1 atom stereocenters. The number of nitrogens with zero attached hydrogens (tertiary/aromatic N) is 1. The molecule has 4 N–H and O–H groups in total. The van der Waals surface area contributed by atoms with Crippen molar-refractivity contribution in [2.75, 3.05) is 19.6 Å². The highest BCUT2D eigenvalue weighted by Gasteiger charge is 2.35. The van der Waals surface area contributed by atoms with E-state index in [0.717, 1.165) is 25.8 Å². The second-order valence-electron chi connectivity index (χ2n) is 5.87. The van der Waals surface area contributed by atoms with E-state index in [9.17, 15) is 13.2 Å². The standard InChI is InChI=1S/C14H29N3O3S/c15-9-7-5-3-1-2-4-6-8-10-17-12-13(11-14(17)18)21(16,19)20/h13H,1-12,15H2,(H2,16,19,20). The number of unbranched alkanes of at least 4 members (excludes halogenated alkanes) is 7. The SMILES string of the molecule is NCCCCCCCCCCN1CC(S(N)(=O)=O)CC1=O. The molecule has 0 aromatic heterocycles. The fourth-order valence-corrected chi connectivity index (χ4v) is 3.44. The third-order valence-corrected chi connectivity index (χ3v) is 5.27. The maximum Gasteiger partial charge on any atom is 0.224 e. The molecule has 1 aliphatic rings. The van der Waals surface area contributed by atoms with Crippen LogP contribution < -0.4 is 10.9 Å². The van der Waals surface area contributed by atoms with Gasteiger partial charge in [0, 0.05) is 19.5 Å². The predicted octanol–water partition coefficient (Wildman–Crippen LogP) is 0.955. The molecule has 0 spiro atoms. The molecular formula is C14H29N3O3S. The first-order valence-corrected chi connectivity index (χ1v) is 9.55. The Morgan fingerprint density at radius 2 is 1.52 bits per heavy atom. The highest BCUT2D eigenvalue weighted by atomic mass is 32.2. The minimum atomic E-state index is -3.59. The summed E-state index contributed by atoms with van der Waals surface area (Å²) in [5.41, 5.74) is 5.44. The Hall–Kier alpha value is -0.660. The first-order chi connectivity index (χ1) is 9.95. The van der Waals surface area contributed by atoms with Gasteiger partial charge in [0.05, 0.1) is 0 Å². The summed E-state index contributed by atoms with van der Waals surface area (Å²) in [7, 11) is -3.59. The van der Waals surface area contributed by atoms with Crippen LogP contribution in [0, 0.1) is 0 Å². The normalized spacial score (nSPS) is 19.4.